The van der Waals surface area contributed by atoms with Crippen molar-refractivity contribution in [2.75, 3.05) is 43.5 Å². The van der Waals surface area contributed by atoms with E-state index in [0.29, 0.717) is 17.8 Å². The molecule has 192 valence electrons. The lowest BCUT2D eigenvalue weighted by molar-refractivity contribution is -0.385. The monoisotopic (exact) mass is 523 g/mol. The minimum atomic E-state index is -0.614. The summed E-state index contributed by atoms with van der Waals surface area (Å²) in [6.07, 6.45) is 0. The summed E-state index contributed by atoms with van der Waals surface area (Å²) in [5.41, 5.74) is 2.23. The lowest BCUT2D eigenvalue weighted by atomic mass is 10.1. The Kier molecular flexibility index (Phi) is 8.26. The number of carbonyl (C=O) groups excluding carboxylic acids is 1. The van der Waals surface area contributed by atoms with Crippen LogP contribution in [-0.4, -0.2) is 54.1 Å². The Bertz CT molecular complexity index is 1300. The number of anilines is 2. The zero-order valence-corrected chi connectivity index (χ0v) is 21.0. The number of piperazine rings is 1. The van der Waals surface area contributed by atoms with E-state index in [0.717, 1.165) is 37.9 Å². The molecule has 1 aliphatic rings. The first kappa shape index (κ1) is 26.0. The molecule has 11 heteroatoms. The van der Waals surface area contributed by atoms with Gasteiger partial charge in [-0.3, -0.25) is 25.1 Å². The zero-order valence-electron chi connectivity index (χ0n) is 20.1. The number of amides is 1. The van der Waals surface area contributed by atoms with Crippen molar-refractivity contribution >= 4 is 40.3 Å². The molecule has 1 amide bonds. The van der Waals surface area contributed by atoms with Gasteiger partial charge in [0.15, 0.2) is 10.9 Å². The predicted octanol–water partition coefficient (Wildman–Crippen LogP) is 4.19. The number of nitrogens with zero attached hydrogens (tertiary/aromatic N) is 3. The largest absolute Gasteiger partial charge is 0.490 e. The SMILES string of the molecule is COc1ccc(C(=O)NC(=S)Nc2ccc(N3CCN(Cc4ccccc4F)CC3)cc2)cc1[N+](=O)[O-]. The number of hydrogen-bond donors (Lipinski definition) is 2. The van der Waals surface area contributed by atoms with E-state index in [1.165, 1.54) is 25.3 Å². The minimum Gasteiger partial charge on any atom is -0.490 e. The number of benzene rings is 3. The maximum absolute atomic E-state index is 13.9. The van der Waals surface area contributed by atoms with Crippen molar-refractivity contribution in [3.63, 3.8) is 0 Å². The summed E-state index contributed by atoms with van der Waals surface area (Å²) in [6, 6.07) is 18.4. The number of methoxy groups -OCH3 is 1. The van der Waals surface area contributed by atoms with Crippen molar-refractivity contribution in [2.45, 2.75) is 6.54 Å². The average molecular weight is 524 g/mol. The molecule has 1 saturated heterocycles. The zero-order chi connectivity index (χ0) is 26.4. The number of thiocarbonyl (C=S) groups is 1. The van der Waals surface area contributed by atoms with Crippen LogP contribution in [0.25, 0.3) is 0 Å². The molecule has 2 N–H and O–H groups in total. The van der Waals surface area contributed by atoms with Crippen LogP contribution in [0.2, 0.25) is 0 Å². The van der Waals surface area contributed by atoms with E-state index in [9.17, 15) is 19.3 Å². The first-order valence-corrected chi connectivity index (χ1v) is 12.0. The van der Waals surface area contributed by atoms with Gasteiger partial charge in [-0.15, -0.1) is 0 Å². The Morgan fingerprint density at radius 3 is 2.43 bits per heavy atom. The van der Waals surface area contributed by atoms with Gasteiger partial charge in [0, 0.05) is 61.3 Å². The second kappa shape index (κ2) is 11.8. The minimum absolute atomic E-state index is 0.0637. The maximum Gasteiger partial charge on any atom is 0.311 e. The highest BCUT2D eigenvalue weighted by molar-refractivity contribution is 7.80. The lowest BCUT2D eigenvalue weighted by Crippen LogP contribution is -2.46. The molecule has 0 aliphatic carbocycles. The van der Waals surface area contributed by atoms with Crippen molar-refractivity contribution in [3.8, 4) is 5.75 Å². The molecule has 9 nitrogen and oxygen atoms in total. The molecule has 3 aromatic rings. The molecule has 0 saturated carbocycles. The van der Waals surface area contributed by atoms with Crippen molar-refractivity contribution in [2.24, 2.45) is 0 Å². The van der Waals surface area contributed by atoms with Crippen LogP contribution in [0.4, 0.5) is 21.5 Å². The molecule has 1 aliphatic heterocycles. The summed E-state index contributed by atoms with van der Waals surface area (Å²) < 4.78 is 18.9. The fraction of sp³-hybridized carbons (Fsp3) is 0.231. The number of carbonyl (C=O) groups is 1. The molecule has 0 atom stereocenters. The van der Waals surface area contributed by atoms with E-state index in [1.807, 2.05) is 36.4 Å². The molecule has 0 radical (unpaired) electrons. The second-order valence-corrected chi connectivity index (χ2v) is 8.86. The number of rotatable bonds is 7. The normalized spacial score (nSPS) is 13.6. The smallest absolute Gasteiger partial charge is 0.311 e. The van der Waals surface area contributed by atoms with E-state index in [1.54, 1.807) is 6.07 Å². The van der Waals surface area contributed by atoms with Gasteiger partial charge in [-0.05, 0) is 54.7 Å². The van der Waals surface area contributed by atoms with Gasteiger partial charge in [0.25, 0.3) is 5.91 Å². The topological polar surface area (TPSA) is 100.0 Å². The summed E-state index contributed by atoms with van der Waals surface area (Å²) >= 11 is 5.23. The molecular formula is C26H26FN5O4S. The van der Waals surface area contributed by atoms with Gasteiger partial charge >= 0.3 is 5.69 Å². The fourth-order valence-corrected chi connectivity index (χ4v) is 4.31. The summed E-state index contributed by atoms with van der Waals surface area (Å²) in [4.78, 5) is 27.6. The maximum atomic E-state index is 13.9. The van der Waals surface area contributed by atoms with Crippen LogP contribution in [0.1, 0.15) is 15.9 Å². The second-order valence-electron chi connectivity index (χ2n) is 8.45. The quantitative estimate of drug-likeness (QED) is 0.270. The molecule has 0 bridgehead atoms. The van der Waals surface area contributed by atoms with Crippen LogP contribution in [0.3, 0.4) is 0 Å². The van der Waals surface area contributed by atoms with Gasteiger partial charge in [-0.1, -0.05) is 18.2 Å². The van der Waals surface area contributed by atoms with Gasteiger partial charge < -0.3 is 15.0 Å². The van der Waals surface area contributed by atoms with Crippen molar-refractivity contribution in [1.29, 1.82) is 0 Å². The third kappa shape index (κ3) is 6.57. The van der Waals surface area contributed by atoms with Crippen molar-refractivity contribution < 1.29 is 18.8 Å². The molecule has 1 heterocycles. The van der Waals surface area contributed by atoms with E-state index < -0.39 is 10.8 Å². The van der Waals surface area contributed by atoms with Crippen LogP contribution in [0.5, 0.6) is 5.75 Å². The lowest BCUT2D eigenvalue weighted by Gasteiger charge is -2.36. The summed E-state index contributed by atoms with van der Waals surface area (Å²) in [5, 5.41) is 16.7. The molecule has 37 heavy (non-hydrogen) atoms. The first-order valence-electron chi connectivity index (χ1n) is 11.6. The van der Waals surface area contributed by atoms with E-state index in [-0.39, 0.29) is 27.9 Å². The Morgan fingerprint density at radius 1 is 1.08 bits per heavy atom. The molecule has 0 spiro atoms. The Hall–Kier alpha value is -4.09. The highest BCUT2D eigenvalue weighted by atomic mass is 32.1. The predicted molar refractivity (Wildman–Crippen MR) is 144 cm³/mol. The van der Waals surface area contributed by atoms with E-state index >= 15 is 0 Å². The average Bonchev–Trinajstić information content (AvgIpc) is 2.90. The van der Waals surface area contributed by atoms with Crippen molar-refractivity contribution in [1.82, 2.24) is 10.2 Å². The standard InChI is InChI=1S/C26H26FN5O4S/c1-36-24-11-6-18(16-23(24)32(34)35)25(33)29-26(37)28-20-7-9-21(10-8-20)31-14-12-30(13-15-31)17-19-4-2-3-5-22(19)27/h2-11,16H,12-15,17H2,1H3,(H2,28,29,33,37). The molecule has 0 aromatic heterocycles. The van der Waals surface area contributed by atoms with Crippen molar-refractivity contribution in [3.05, 3.63) is 93.8 Å². The third-order valence-electron chi connectivity index (χ3n) is 6.08. The van der Waals surface area contributed by atoms with Crippen LogP contribution < -0.4 is 20.3 Å². The summed E-state index contributed by atoms with van der Waals surface area (Å²) in [6.45, 7) is 3.89. The molecule has 4 rings (SSSR count). The summed E-state index contributed by atoms with van der Waals surface area (Å²) in [5.74, 6) is -0.686. The highest BCUT2D eigenvalue weighted by Crippen LogP contribution is 2.27. The van der Waals surface area contributed by atoms with Gasteiger partial charge in [0.05, 0.1) is 12.0 Å². The van der Waals surface area contributed by atoms with E-state index in [4.69, 9.17) is 17.0 Å². The molecule has 3 aromatic carbocycles. The van der Waals surface area contributed by atoms with Gasteiger partial charge in [0.1, 0.15) is 5.82 Å². The van der Waals surface area contributed by atoms with Crippen LogP contribution in [0, 0.1) is 15.9 Å². The Morgan fingerprint density at radius 2 is 1.78 bits per heavy atom. The Balaban J connectivity index is 1.28. The highest BCUT2D eigenvalue weighted by Gasteiger charge is 2.20. The molecule has 1 fully saturated rings. The third-order valence-corrected chi connectivity index (χ3v) is 6.28. The molecular weight excluding hydrogens is 497 g/mol. The number of nitro groups is 1. The van der Waals surface area contributed by atoms with Crippen LogP contribution in [-0.2, 0) is 6.54 Å². The van der Waals surface area contributed by atoms with Crippen LogP contribution >= 0.6 is 12.2 Å². The first-order chi connectivity index (χ1) is 17.8. The van der Waals surface area contributed by atoms with Gasteiger partial charge in [-0.2, -0.15) is 0 Å². The van der Waals surface area contributed by atoms with Gasteiger partial charge in [0.2, 0.25) is 0 Å². The Labute approximate surface area is 219 Å². The number of nitro benzene ring substituents is 1. The van der Waals surface area contributed by atoms with E-state index in [2.05, 4.69) is 20.4 Å². The summed E-state index contributed by atoms with van der Waals surface area (Å²) in [7, 11) is 1.32. The number of nitrogens with one attached hydrogen (secondary N) is 2. The molecule has 0 unspecified atom stereocenters. The van der Waals surface area contributed by atoms with Gasteiger partial charge in [-0.25, -0.2) is 4.39 Å². The number of halogens is 1. The number of hydrogen-bond acceptors (Lipinski definition) is 7. The fourth-order valence-electron chi connectivity index (χ4n) is 4.10. The van der Waals surface area contributed by atoms with Crippen LogP contribution in [0.15, 0.2) is 66.7 Å². The number of ether oxygens (including phenoxy) is 1.